The Kier molecular flexibility index (Phi) is 6.52. The minimum atomic E-state index is -0.205. The second-order valence-corrected chi connectivity index (χ2v) is 8.73. The summed E-state index contributed by atoms with van der Waals surface area (Å²) in [4.78, 5) is 13.2. The zero-order valence-electron chi connectivity index (χ0n) is 15.7. The number of carbonyl (C=O) groups is 1. The summed E-state index contributed by atoms with van der Waals surface area (Å²) in [6.45, 7) is 0.985. The van der Waals surface area contributed by atoms with Gasteiger partial charge in [-0.15, -0.1) is 11.3 Å². The van der Waals surface area contributed by atoms with Crippen molar-refractivity contribution in [3.8, 4) is 5.75 Å². The maximum atomic E-state index is 12.6. The van der Waals surface area contributed by atoms with Crippen LogP contribution in [0.15, 0.2) is 76.7 Å². The predicted octanol–water partition coefficient (Wildman–Crippen LogP) is 6.24. The van der Waals surface area contributed by atoms with Crippen LogP contribution in [0.5, 0.6) is 5.75 Å². The lowest BCUT2D eigenvalue weighted by molar-refractivity contribution is 0.103. The molecule has 30 heavy (non-hydrogen) atoms. The molecule has 2 heterocycles. The number of thiophene rings is 1. The van der Waals surface area contributed by atoms with Gasteiger partial charge in [-0.3, -0.25) is 9.48 Å². The number of benzene rings is 2. The SMILES string of the molecule is O=C(Nc1nn(Cc2ccc(Cl)cc2)cc1Br)c1cc(COc2ccccc2)cs1. The quantitative estimate of drug-likeness (QED) is 0.325. The summed E-state index contributed by atoms with van der Waals surface area (Å²) < 4.78 is 8.21. The minimum Gasteiger partial charge on any atom is -0.489 e. The van der Waals surface area contributed by atoms with E-state index in [-0.39, 0.29) is 5.91 Å². The van der Waals surface area contributed by atoms with Crippen LogP contribution in [0.2, 0.25) is 5.02 Å². The average molecular weight is 503 g/mol. The van der Waals surface area contributed by atoms with E-state index in [2.05, 4.69) is 26.3 Å². The normalized spacial score (nSPS) is 10.7. The predicted molar refractivity (Wildman–Crippen MR) is 124 cm³/mol. The number of aromatic nitrogens is 2. The van der Waals surface area contributed by atoms with E-state index in [4.69, 9.17) is 16.3 Å². The third-order valence-electron chi connectivity index (χ3n) is 4.23. The maximum absolute atomic E-state index is 12.6. The summed E-state index contributed by atoms with van der Waals surface area (Å²) in [6.07, 6.45) is 1.83. The summed E-state index contributed by atoms with van der Waals surface area (Å²) in [6, 6.07) is 19.0. The lowest BCUT2D eigenvalue weighted by Gasteiger charge is -2.03. The minimum absolute atomic E-state index is 0.205. The van der Waals surface area contributed by atoms with Crippen LogP contribution in [-0.4, -0.2) is 15.7 Å². The molecule has 1 N–H and O–H groups in total. The molecule has 0 aliphatic heterocycles. The van der Waals surface area contributed by atoms with Gasteiger partial charge in [-0.1, -0.05) is 41.9 Å². The van der Waals surface area contributed by atoms with Gasteiger partial charge in [0.05, 0.1) is 15.9 Å². The lowest BCUT2D eigenvalue weighted by atomic mass is 10.2. The molecule has 2 aromatic carbocycles. The molecule has 0 fully saturated rings. The van der Waals surface area contributed by atoms with E-state index in [1.54, 1.807) is 4.68 Å². The van der Waals surface area contributed by atoms with Gasteiger partial charge in [0.1, 0.15) is 12.4 Å². The Bertz CT molecular complexity index is 1140. The zero-order chi connectivity index (χ0) is 20.9. The number of anilines is 1. The smallest absolute Gasteiger partial charge is 0.266 e. The third kappa shape index (κ3) is 5.30. The summed E-state index contributed by atoms with van der Waals surface area (Å²) >= 11 is 10.8. The fraction of sp³-hybridized carbons (Fsp3) is 0.0909. The molecule has 8 heteroatoms. The highest BCUT2D eigenvalue weighted by Crippen LogP contribution is 2.24. The number of para-hydroxylation sites is 1. The highest BCUT2D eigenvalue weighted by molar-refractivity contribution is 9.10. The van der Waals surface area contributed by atoms with Crippen molar-refractivity contribution in [2.24, 2.45) is 0 Å². The van der Waals surface area contributed by atoms with Gasteiger partial charge in [0.25, 0.3) is 5.91 Å². The van der Waals surface area contributed by atoms with Gasteiger partial charge in [-0.25, -0.2) is 0 Å². The molecule has 2 aromatic heterocycles. The molecule has 1 amide bonds. The molecular weight excluding hydrogens is 486 g/mol. The van der Waals surface area contributed by atoms with Crippen LogP contribution in [-0.2, 0) is 13.2 Å². The molecule has 152 valence electrons. The van der Waals surface area contributed by atoms with E-state index in [1.165, 1.54) is 11.3 Å². The van der Waals surface area contributed by atoms with Crippen LogP contribution in [0.4, 0.5) is 5.82 Å². The molecule has 4 aromatic rings. The second kappa shape index (κ2) is 9.47. The second-order valence-electron chi connectivity index (χ2n) is 6.52. The fourth-order valence-corrected chi connectivity index (χ4v) is 4.10. The van der Waals surface area contributed by atoms with Gasteiger partial charge in [0.15, 0.2) is 5.82 Å². The first-order chi connectivity index (χ1) is 14.6. The molecule has 0 saturated carbocycles. The molecular formula is C22H17BrClN3O2S. The van der Waals surface area contributed by atoms with E-state index in [0.717, 1.165) is 16.9 Å². The Morgan fingerprint density at radius 3 is 2.67 bits per heavy atom. The van der Waals surface area contributed by atoms with Gasteiger partial charge in [0, 0.05) is 16.8 Å². The van der Waals surface area contributed by atoms with E-state index < -0.39 is 0 Å². The molecule has 0 atom stereocenters. The van der Waals surface area contributed by atoms with Crippen molar-refractivity contribution >= 4 is 50.6 Å². The largest absolute Gasteiger partial charge is 0.489 e. The molecule has 0 aliphatic rings. The zero-order valence-corrected chi connectivity index (χ0v) is 18.9. The summed E-state index contributed by atoms with van der Waals surface area (Å²) in [5.41, 5.74) is 2.01. The number of nitrogens with zero attached hydrogens (tertiary/aromatic N) is 2. The number of hydrogen-bond acceptors (Lipinski definition) is 4. The lowest BCUT2D eigenvalue weighted by Crippen LogP contribution is -2.11. The average Bonchev–Trinajstić information content (AvgIpc) is 3.36. The van der Waals surface area contributed by atoms with E-state index in [9.17, 15) is 4.79 Å². The number of halogens is 2. The Labute approximate surface area is 191 Å². The van der Waals surface area contributed by atoms with Crippen molar-refractivity contribution in [3.05, 3.63) is 97.7 Å². The van der Waals surface area contributed by atoms with Crippen LogP contribution in [0.3, 0.4) is 0 Å². The Hall–Kier alpha value is -2.61. The molecule has 5 nitrogen and oxygen atoms in total. The van der Waals surface area contributed by atoms with Crippen LogP contribution in [0.1, 0.15) is 20.8 Å². The number of carbonyl (C=O) groups excluding carboxylic acids is 1. The Morgan fingerprint density at radius 2 is 1.90 bits per heavy atom. The van der Waals surface area contributed by atoms with Gasteiger partial charge >= 0.3 is 0 Å². The van der Waals surface area contributed by atoms with Crippen LogP contribution >= 0.6 is 38.9 Å². The van der Waals surface area contributed by atoms with Crippen LogP contribution < -0.4 is 10.1 Å². The molecule has 0 radical (unpaired) electrons. The van der Waals surface area contributed by atoms with E-state index in [0.29, 0.717) is 33.3 Å². The number of hydrogen-bond donors (Lipinski definition) is 1. The van der Waals surface area contributed by atoms with Gasteiger partial charge in [-0.2, -0.15) is 5.10 Å². The first kappa shape index (κ1) is 20.7. The Morgan fingerprint density at radius 1 is 1.13 bits per heavy atom. The van der Waals surface area contributed by atoms with E-state index >= 15 is 0 Å². The number of amides is 1. The van der Waals surface area contributed by atoms with Crippen molar-refractivity contribution in [2.45, 2.75) is 13.2 Å². The highest BCUT2D eigenvalue weighted by atomic mass is 79.9. The topological polar surface area (TPSA) is 56.2 Å². The summed E-state index contributed by atoms with van der Waals surface area (Å²) in [7, 11) is 0. The van der Waals surface area contributed by atoms with E-state index in [1.807, 2.05) is 72.2 Å². The van der Waals surface area contributed by atoms with Crippen molar-refractivity contribution in [1.82, 2.24) is 9.78 Å². The molecule has 0 aliphatic carbocycles. The highest BCUT2D eigenvalue weighted by Gasteiger charge is 2.14. The van der Waals surface area contributed by atoms with Crippen molar-refractivity contribution in [3.63, 3.8) is 0 Å². The molecule has 0 bridgehead atoms. The van der Waals surface area contributed by atoms with Crippen molar-refractivity contribution in [1.29, 1.82) is 0 Å². The van der Waals surface area contributed by atoms with Crippen LogP contribution in [0, 0.1) is 0 Å². The Balaban J connectivity index is 1.37. The number of ether oxygens (including phenoxy) is 1. The fourth-order valence-electron chi connectivity index (χ4n) is 2.76. The monoisotopic (exact) mass is 501 g/mol. The third-order valence-corrected chi connectivity index (χ3v) is 6.04. The molecule has 0 saturated heterocycles. The number of nitrogens with one attached hydrogen (secondary N) is 1. The first-order valence-electron chi connectivity index (χ1n) is 9.11. The molecule has 0 unspecified atom stereocenters. The number of rotatable bonds is 7. The maximum Gasteiger partial charge on any atom is 0.266 e. The van der Waals surface area contributed by atoms with Gasteiger partial charge in [0.2, 0.25) is 0 Å². The van der Waals surface area contributed by atoms with Crippen molar-refractivity contribution in [2.75, 3.05) is 5.32 Å². The standard InChI is InChI=1S/C22H17BrClN3O2S/c23-19-12-27(11-15-6-8-17(24)9-7-15)26-21(19)25-22(28)20-10-16(14-30-20)13-29-18-4-2-1-3-5-18/h1-10,12,14H,11,13H2,(H,25,26,28). The molecule has 4 rings (SSSR count). The first-order valence-corrected chi connectivity index (χ1v) is 11.2. The summed E-state index contributed by atoms with van der Waals surface area (Å²) in [5.74, 6) is 1.07. The van der Waals surface area contributed by atoms with Gasteiger partial charge < -0.3 is 10.1 Å². The van der Waals surface area contributed by atoms with Crippen LogP contribution in [0.25, 0.3) is 0 Å². The van der Waals surface area contributed by atoms with Gasteiger partial charge in [-0.05, 0) is 57.2 Å². The van der Waals surface area contributed by atoms with Crippen molar-refractivity contribution < 1.29 is 9.53 Å². The molecule has 0 spiro atoms. The summed E-state index contributed by atoms with van der Waals surface area (Å²) in [5, 5.41) is 9.94.